The van der Waals surface area contributed by atoms with E-state index in [-0.39, 0.29) is 5.56 Å². The molecule has 0 spiro atoms. The fourth-order valence-corrected chi connectivity index (χ4v) is 3.87. The number of hydrogen-bond acceptors (Lipinski definition) is 4. The zero-order valence-corrected chi connectivity index (χ0v) is 14.7. The average Bonchev–Trinajstić information content (AvgIpc) is 3.05. The first-order valence-corrected chi connectivity index (χ1v) is 8.97. The minimum Gasteiger partial charge on any atom is -0.335 e. The van der Waals surface area contributed by atoms with Crippen LogP contribution in [0.5, 0.6) is 0 Å². The monoisotopic (exact) mass is 367 g/mol. The third kappa shape index (κ3) is 2.92. The second kappa shape index (κ2) is 6.35. The van der Waals surface area contributed by atoms with Gasteiger partial charge in [0.15, 0.2) is 0 Å². The molecule has 0 fully saturated rings. The number of rotatable bonds is 3. The Kier molecular flexibility index (Phi) is 4.03. The van der Waals surface area contributed by atoms with E-state index in [1.54, 1.807) is 12.1 Å². The molecular weight excluding hydrogens is 354 g/mol. The smallest absolute Gasteiger partial charge is 0.281 e. The van der Waals surface area contributed by atoms with Gasteiger partial charge >= 0.3 is 0 Å². The molecule has 4 nitrogen and oxygen atoms in total. The Morgan fingerprint density at radius 1 is 1.08 bits per heavy atom. The highest BCUT2D eigenvalue weighted by molar-refractivity contribution is 7.17. The molecule has 0 bridgehead atoms. The zero-order chi connectivity index (χ0) is 17.4. The summed E-state index contributed by atoms with van der Waals surface area (Å²) in [4.78, 5) is 18.2. The molecule has 2 aromatic carbocycles. The van der Waals surface area contributed by atoms with Gasteiger partial charge in [0.25, 0.3) is 5.56 Å². The summed E-state index contributed by atoms with van der Waals surface area (Å²) in [7, 11) is 0. The van der Waals surface area contributed by atoms with E-state index < -0.39 is 0 Å². The van der Waals surface area contributed by atoms with Crippen LogP contribution in [-0.4, -0.2) is 9.66 Å². The Morgan fingerprint density at radius 3 is 2.52 bits per heavy atom. The van der Waals surface area contributed by atoms with E-state index in [4.69, 9.17) is 17.4 Å². The summed E-state index contributed by atoms with van der Waals surface area (Å²) in [5.41, 5.74) is 2.58. The highest BCUT2D eigenvalue weighted by atomic mass is 35.5. The van der Waals surface area contributed by atoms with Crippen molar-refractivity contribution in [3.63, 3.8) is 0 Å². The van der Waals surface area contributed by atoms with Gasteiger partial charge in [0, 0.05) is 22.4 Å². The molecule has 124 valence electrons. The van der Waals surface area contributed by atoms with Gasteiger partial charge in [-0.15, -0.1) is 11.3 Å². The topological polar surface area (TPSA) is 60.9 Å². The summed E-state index contributed by atoms with van der Waals surface area (Å²) < 4.78 is 1.15. The number of nitrogens with two attached hydrogens (primary N) is 1. The van der Waals surface area contributed by atoms with Gasteiger partial charge in [-0.05, 0) is 23.3 Å². The van der Waals surface area contributed by atoms with E-state index in [0.29, 0.717) is 27.5 Å². The molecule has 0 radical (unpaired) electrons. The summed E-state index contributed by atoms with van der Waals surface area (Å²) in [6.45, 7) is 0. The van der Waals surface area contributed by atoms with E-state index in [9.17, 15) is 4.79 Å². The Bertz CT molecular complexity index is 1100. The minimum atomic E-state index is -0.234. The molecule has 4 aromatic rings. The highest BCUT2D eigenvalue weighted by Gasteiger charge is 2.16. The first-order chi connectivity index (χ1) is 12.1. The van der Waals surface area contributed by atoms with Gasteiger partial charge in [-0.3, -0.25) is 4.79 Å². The lowest BCUT2D eigenvalue weighted by Gasteiger charge is -2.08. The molecule has 0 unspecified atom stereocenters. The number of thiophene rings is 1. The molecule has 6 heteroatoms. The summed E-state index contributed by atoms with van der Waals surface area (Å²) >= 11 is 7.40. The van der Waals surface area contributed by atoms with Crippen LogP contribution in [-0.2, 0) is 6.42 Å². The second-order valence-electron chi connectivity index (χ2n) is 5.70. The molecular formula is C19H14ClN3OS. The van der Waals surface area contributed by atoms with E-state index in [0.717, 1.165) is 21.4 Å². The van der Waals surface area contributed by atoms with Crippen molar-refractivity contribution in [3.05, 3.63) is 86.7 Å². The summed E-state index contributed by atoms with van der Waals surface area (Å²) in [5.74, 6) is 6.60. The van der Waals surface area contributed by atoms with Crippen molar-refractivity contribution in [2.75, 3.05) is 5.84 Å². The fourth-order valence-electron chi connectivity index (χ4n) is 2.79. The number of nitrogens with zero attached hydrogens (tertiary/aromatic N) is 2. The van der Waals surface area contributed by atoms with Crippen molar-refractivity contribution in [3.8, 4) is 11.1 Å². The van der Waals surface area contributed by atoms with Gasteiger partial charge in [0.1, 0.15) is 10.7 Å². The highest BCUT2D eigenvalue weighted by Crippen LogP contribution is 2.31. The van der Waals surface area contributed by atoms with Gasteiger partial charge in [0.2, 0.25) is 0 Å². The SMILES string of the molecule is Nn1c(Cc2ccccc2)nc2scc(-c3ccc(Cl)cc3)c2c1=O. The van der Waals surface area contributed by atoms with Crippen molar-refractivity contribution < 1.29 is 0 Å². The molecule has 2 aromatic heterocycles. The van der Waals surface area contributed by atoms with Crippen LogP contribution in [0.25, 0.3) is 21.3 Å². The van der Waals surface area contributed by atoms with Crippen molar-refractivity contribution in [1.82, 2.24) is 9.66 Å². The predicted octanol–water partition coefficient (Wildman–Crippen LogP) is 4.08. The van der Waals surface area contributed by atoms with Crippen LogP contribution in [0.3, 0.4) is 0 Å². The standard InChI is InChI=1S/C19H14ClN3OS/c20-14-8-6-13(7-9-14)15-11-25-18-17(15)19(24)23(21)16(22-18)10-12-4-2-1-3-5-12/h1-9,11H,10,21H2. The van der Waals surface area contributed by atoms with E-state index in [2.05, 4.69) is 4.98 Å². The number of nitrogen functional groups attached to an aromatic ring is 1. The van der Waals surface area contributed by atoms with Gasteiger partial charge in [0.05, 0.1) is 5.39 Å². The summed E-state index contributed by atoms with van der Waals surface area (Å²) in [5, 5.41) is 3.14. The molecule has 0 aliphatic rings. The molecule has 4 rings (SSSR count). The molecule has 0 saturated heterocycles. The maximum absolute atomic E-state index is 12.8. The number of benzene rings is 2. The molecule has 0 aliphatic carbocycles. The molecule has 25 heavy (non-hydrogen) atoms. The van der Waals surface area contributed by atoms with Crippen molar-refractivity contribution in [2.24, 2.45) is 0 Å². The maximum atomic E-state index is 12.8. The fraction of sp³-hybridized carbons (Fsp3) is 0.0526. The Morgan fingerprint density at radius 2 is 1.80 bits per heavy atom. The lowest BCUT2D eigenvalue weighted by atomic mass is 10.1. The van der Waals surface area contributed by atoms with Crippen LogP contribution in [0.1, 0.15) is 11.4 Å². The Labute approximate surface area is 153 Å². The summed E-state index contributed by atoms with van der Waals surface area (Å²) in [6.07, 6.45) is 0.511. The largest absolute Gasteiger partial charge is 0.335 e. The second-order valence-corrected chi connectivity index (χ2v) is 7.00. The summed E-state index contributed by atoms with van der Waals surface area (Å²) in [6, 6.07) is 17.2. The van der Waals surface area contributed by atoms with Gasteiger partial charge in [-0.1, -0.05) is 54.1 Å². The third-order valence-electron chi connectivity index (χ3n) is 4.07. The molecule has 0 aliphatic heterocycles. The average molecular weight is 368 g/mol. The van der Waals surface area contributed by atoms with Crippen LogP contribution in [0.2, 0.25) is 5.02 Å². The van der Waals surface area contributed by atoms with Crippen LogP contribution in [0.4, 0.5) is 0 Å². The number of hydrogen-bond donors (Lipinski definition) is 1. The lowest BCUT2D eigenvalue weighted by Crippen LogP contribution is -2.31. The molecule has 0 atom stereocenters. The van der Waals surface area contributed by atoms with Crippen molar-refractivity contribution in [1.29, 1.82) is 0 Å². The maximum Gasteiger partial charge on any atom is 0.281 e. The first-order valence-electron chi connectivity index (χ1n) is 7.71. The normalized spacial score (nSPS) is 11.1. The minimum absolute atomic E-state index is 0.234. The Balaban J connectivity index is 1.85. The van der Waals surface area contributed by atoms with E-state index in [1.807, 2.05) is 47.8 Å². The van der Waals surface area contributed by atoms with Crippen LogP contribution in [0.15, 0.2) is 64.8 Å². The molecule has 0 amide bonds. The van der Waals surface area contributed by atoms with E-state index in [1.165, 1.54) is 11.3 Å². The predicted molar refractivity (Wildman–Crippen MR) is 104 cm³/mol. The first kappa shape index (κ1) is 15.9. The molecule has 2 heterocycles. The van der Waals surface area contributed by atoms with Crippen molar-refractivity contribution in [2.45, 2.75) is 6.42 Å². The van der Waals surface area contributed by atoms with Crippen LogP contribution in [0, 0.1) is 0 Å². The zero-order valence-electron chi connectivity index (χ0n) is 13.1. The molecule has 2 N–H and O–H groups in total. The van der Waals surface area contributed by atoms with Gasteiger partial charge < -0.3 is 5.84 Å². The number of aromatic nitrogens is 2. The molecule has 0 saturated carbocycles. The Hall–Kier alpha value is -2.63. The van der Waals surface area contributed by atoms with Crippen molar-refractivity contribution >= 4 is 33.2 Å². The quantitative estimate of drug-likeness (QED) is 0.555. The number of fused-ring (bicyclic) bond motifs is 1. The van der Waals surface area contributed by atoms with E-state index >= 15 is 0 Å². The van der Waals surface area contributed by atoms with Crippen LogP contribution >= 0.6 is 22.9 Å². The van der Waals surface area contributed by atoms with Crippen LogP contribution < -0.4 is 11.4 Å². The van der Waals surface area contributed by atoms with Gasteiger partial charge in [-0.2, -0.15) is 0 Å². The van der Waals surface area contributed by atoms with Gasteiger partial charge in [-0.25, -0.2) is 9.66 Å². The lowest BCUT2D eigenvalue weighted by molar-refractivity contribution is 0.816. The third-order valence-corrected chi connectivity index (χ3v) is 5.20. The number of halogens is 1.